The molecule has 7 heteroatoms. The Bertz CT molecular complexity index is 500. The first-order valence-corrected chi connectivity index (χ1v) is 8.56. The number of carbonyl (C=O) groups is 1. The molecule has 22 heavy (non-hydrogen) atoms. The van der Waals surface area contributed by atoms with Crippen LogP contribution in [0, 0.1) is 0 Å². The molecule has 2 heterocycles. The lowest BCUT2D eigenvalue weighted by molar-refractivity contribution is -0.130. The van der Waals surface area contributed by atoms with E-state index in [0.717, 1.165) is 36.9 Å². The Labute approximate surface area is 137 Å². The predicted octanol–water partition coefficient (Wildman–Crippen LogP) is 1.80. The fourth-order valence-corrected chi connectivity index (χ4v) is 3.16. The van der Waals surface area contributed by atoms with Crippen LogP contribution < -0.4 is 5.32 Å². The van der Waals surface area contributed by atoms with Gasteiger partial charge in [-0.05, 0) is 12.8 Å². The molecule has 1 N–H and O–H groups in total. The smallest absolute Gasteiger partial charge is 0.236 e. The SMILES string of the molecule is CN(C)C(=O)CN1CCC(Nc2nc(C(C)(C)C)ns2)CC1. The van der Waals surface area contributed by atoms with Crippen LogP contribution in [-0.2, 0) is 10.2 Å². The Morgan fingerprint density at radius 1 is 1.36 bits per heavy atom. The molecule has 0 spiro atoms. The highest BCUT2D eigenvalue weighted by Crippen LogP contribution is 2.24. The lowest BCUT2D eigenvalue weighted by atomic mass is 9.96. The maximum atomic E-state index is 11.7. The van der Waals surface area contributed by atoms with Gasteiger partial charge in [0.1, 0.15) is 5.82 Å². The number of likely N-dealkylation sites (tertiary alicyclic amines) is 1. The van der Waals surface area contributed by atoms with Crippen LogP contribution in [0.5, 0.6) is 0 Å². The third-order valence-corrected chi connectivity index (χ3v) is 4.52. The van der Waals surface area contributed by atoms with Crippen LogP contribution in [0.3, 0.4) is 0 Å². The molecule has 124 valence electrons. The molecule has 1 aliphatic heterocycles. The third-order valence-electron chi connectivity index (χ3n) is 3.87. The normalized spacial score (nSPS) is 17.5. The quantitative estimate of drug-likeness (QED) is 0.915. The highest BCUT2D eigenvalue weighted by molar-refractivity contribution is 7.09. The molecule has 6 nitrogen and oxygen atoms in total. The van der Waals surface area contributed by atoms with Gasteiger partial charge in [-0.25, -0.2) is 4.98 Å². The fourth-order valence-electron chi connectivity index (χ4n) is 2.33. The molecular formula is C15H27N5OS. The fraction of sp³-hybridized carbons (Fsp3) is 0.800. The number of piperidine rings is 1. The van der Waals surface area contributed by atoms with Crippen LogP contribution in [0.1, 0.15) is 39.4 Å². The van der Waals surface area contributed by atoms with Gasteiger partial charge in [-0.3, -0.25) is 9.69 Å². The second-order valence-corrected chi connectivity index (χ2v) is 7.91. The van der Waals surface area contributed by atoms with Crippen molar-refractivity contribution in [2.75, 3.05) is 39.0 Å². The van der Waals surface area contributed by atoms with E-state index in [-0.39, 0.29) is 11.3 Å². The van der Waals surface area contributed by atoms with Crippen LogP contribution in [0.15, 0.2) is 0 Å². The van der Waals surface area contributed by atoms with Gasteiger partial charge in [-0.1, -0.05) is 20.8 Å². The highest BCUT2D eigenvalue weighted by atomic mass is 32.1. The topological polar surface area (TPSA) is 61.4 Å². The largest absolute Gasteiger partial charge is 0.357 e. The standard InChI is InChI=1S/C15H27N5OS/c1-15(2,3)13-17-14(22-18-13)16-11-6-8-20(9-7-11)10-12(21)19(4)5/h11H,6-10H2,1-5H3,(H,16,17,18). The molecular weight excluding hydrogens is 298 g/mol. The molecule has 0 radical (unpaired) electrons. The number of hydrogen-bond acceptors (Lipinski definition) is 6. The Balaban J connectivity index is 1.80. The van der Waals surface area contributed by atoms with E-state index in [1.54, 1.807) is 19.0 Å². The minimum Gasteiger partial charge on any atom is -0.357 e. The summed E-state index contributed by atoms with van der Waals surface area (Å²) in [7, 11) is 3.61. The summed E-state index contributed by atoms with van der Waals surface area (Å²) in [6, 6.07) is 0.423. The van der Waals surface area contributed by atoms with Crippen LogP contribution in [0.4, 0.5) is 5.13 Å². The van der Waals surface area contributed by atoms with Gasteiger partial charge in [0.2, 0.25) is 11.0 Å². The Morgan fingerprint density at radius 2 is 2.00 bits per heavy atom. The molecule has 1 aliphatic rings. The summed E-state index contributed by atoms with van der Waals surface area (Å²) < 4.78 is 4.43. The van der Waals surface area contributed by atoms with Crippen molar-refractivity contribution in [3.63, 3.8) is 0 Å². The van der Waals surface area contributed by atoms with Gasteiger partial charge < -0.3 is 10.2 Å². The zero-order valence-electron chi connectivity index (χ0n) is 14.2. The molecule has 1 fully saturated rings. The van der Waals surface area contributed by atoms with Gasteiger partial charge in [-0.2, -0.15) is 4.37 Å². The molecule has 0 unspecified atom stereocenters. The van der Waals surface area contributed by atoms with E-state index in [1.165, 1.54) is 11.5 Å². The maximum absolute atomic E-state index is 11.7. The van der Waals surface area contributed by atoms with E-state index < -0.39 is 0 Å². The van der Waals surface area contributed by atoms with Crippen molar-refractivity contribution in [2.24, 2.45) is 0 Å². The maximum Gasteiger partial charge on any atom is 0.236 e. The predicted molar refractivity (Wildman–Crippen MR) is 90.4 cm³/mol. The zero-order chi connectivity index (χ0) is 16.3. The van der Waals surface area contributed by atoms with E-state index in [4.69, 9.17) is 0 Å². The van der Waals surface area contributed by atoms with Crippen molar-refractivity contribution in [3.8, 4) is 0 Å². The molecule has 0 saturated carbocycles. The Hall–Kier alpha value is -1.21. The third kappa shape index (κ3) is 4.64. The minimum absolute atomic E-state index is 0.00760. The minimum atomic E-state index is -0.00760. The van der Waals surface area contributed by atoms with E-state index in [0.29, 0.717) is 12.6 Å². The van der Waals surface area contributed by atoms with Gasteiger partial charge >= 0.3 is 0 Å². The summed E-state index contributed by atoms with van der Waals surface area (Å²) in [6.45, 7) is 8.79. The zero-order valence-corrected chi connectivity index (χ0v) is 15.0. The van der Waals surface area contributed by atoms with Gasteiger partial charge in [0.05, 0.1) is 6.54 Å². The van der Waals surface area contributed by atoms with Crippen LogP contribution in [0.25, 0.3) is 0 Å². The van der Waals surface area contributed by atoms with Gasteiger partial charge in [0.15, 0.2) is 0 Å². The number of rotatable bonds is 4. The first kappa shape index (κ1) is 17.1. The van der Waals surface area contributed by atoms with E-state index >= 15 is 0 Å². The van der Waals surface area contributed by atoms with Gasteiger partial charge in [-0.15, -0.1) is 0 Å². The molecule has 0 bridgehead atoms. The molecule has 1 aromatic rings. The molecule has 0 atom stereocenters. The lowest BCUT2D eigenvalue weighted by Gasteiger charge is -2.32. The van der Waals surface area contributed by atoms with Crippen molar-refractivity contribution in [2.45, 2.75) is 45.1 Å². The van der Waals surface area contributed by atoms with Crippen molar-refractivity contribution in [3.05, 3.63) is 5.82 Å². The van der Waals surface area contributed by atoms with Gasteiger partial charge in [0.25, 0.3) is 0 Å². The number of amides is 1. The highest BCUT2D eigenvalue weighted by Gasteiger charge is 2.24. The van der Waals surface area contributed by atoms with E-state index in [9.17, 15) is 4.79 Å². The number of aromatic nitrogens is 2. The molecule has 1 aromatic heterocycles. The molecule has 1 saturated heterocycles. The summed E-state index contributed by atoms with van der Waals surface area (Å²) in [4.78, 5) is 20.2. The second kappa shape index (κ2) is 6.91. The van der Waals surface area contributed by atoms with Crippen LogP contribution in [-0.4, -0.2) is 64.8 Å². The summed E-state index contributed by atoms with van der Waals surface area (Å²) >= 11 is 1.44. The molecule has 1 amide bonds. The number of likely N-dealkylation sites (N-methyl/N-ethyl adjacent to an activating group) is 1. The number of hydrogen-bond donors (Lipinski definition) is 1. The van der Waals surface area contributed by atoms with E-state index in [2.05, 4.69) is 40.3 Å². The number of nitrogens with zero attached hydrogens (tertiary/aromatic N) is 4. The Kier molecular flexibility index (Phi) is 5.39. The summed E-state index contributed by atoms with van der Waals surface area (Å²) in [5, 5.41) is 4.40. The first-order chi connectivity index (χ1) is 10.3. The van der Waals surface area contributed by atoms with Crippen LogP contribution >= 0.6 is 11.5 Å². The second-order valence-electron chi connectivity index (χ2n) is 7.16. The van der Waals surface area contributed by atoms with Gasteiger partial charge in [0, 0.05) is 50.2 Å². The average Bonchev–Trinajstić information content (AvgIpc) is 2.89. The number of anilines is 1. The van der Waals surface area contributed by atoms with Crippen LogP contribution in [0.2, 0.25) is 0 Å². The molecule has 0 aliphatic carbocycles. The Morgan fingerprint density at radius 3 is 2.50 bits per heavy atom. The summed E-state index contributed by atoms with van der Waals surface area (Å²) in [6.07, 6.45) is 2.07. The van der Waals surface area contributed by atoms with Crippen molar-refractivity contribution >= 4 is 22.6 Å². The summed E-state index contributed by atoms with van der Waals surface area (Å²) in [5.74, 6) is 1.07. The molecule has 2 rings (SSSR count). The average molecular weight is 325 g/mol. The monoisotopic (exact) mass is 325 g/mol. The van der Waals surface area contributed by atoms with Crippen molar-refractivity contribution < 1.29 is 4.79 Å². The summed E-state index contributed by atoms with van der Waals surface area (Å²) in [5.41, 5.74) is -0.00760. The van der Waals surface area contributed by atoms with Crippen molar-refractivity contribution in [1.82, 2.24) is 19.2 Å². The first-order valence-electron chi connectivity index (χ1n) is 7.79. The van der Waals surface area contributed by atoms with E-state index in [1.807, 2.05) is 0 Å². The molecule has 0 aromatic carbocycles. The van der Waals surface area contributed by atoms with Crippen molar-refractivity contribution in [1.29, 1.82) is 0 Å². The number of nitrogens with one attached hydrogen (secondary N) is 1. The number of carbonyl (C=O) groups excluding carboxylic acids is 1. The lowest BCUT2D eigenvalue weighted by Crippen LogP contribution is -2.43.